The average Bonchev–Trinajstić information content (AvgIpc) is 2.70. The van der Waals surface area contributed by atoms with Crippen LogP contribution in [0, 0.1) is 5.92 Å². The van der Waals surface area contributed by atoms with Crippen LogP contribution in [0.25, 0.3) is 0 Å². The van der Waals surface area contributed by atoms with Gasteiger partial charge in [-0.15, -0.1) is 0 Å². The first-order valence-corrected chi connectivity index (χ1v) is 8.80. The van der Waals surface area contributed by atoms with Gasteiger partial charge in [0.15, 0.2) is 9.84 Å². The minimum atomic E-state index is -2.82. The summed E-state index contributed by atoms with van der Waals surface area (Å²) in [6, 6.07) is 10.2. The van der Waals surface area contributed by atoms with E-state index in [1.165, 1.54) is 5.56 Å². The van der Waals surface area contributed by atoms with E-state index >= 15 is 0 Å². The third-order valence-corrected chi connectivity index (χ3v) is 5.61. The summed E-state index contributed by atoms with van der Waals surface area (Å²) in [7, 11) is -2.82. The highest BCUT2D eigenvalue weighted by Gasteiger charge is 2.29. The molecule has 0 aromatic heterocycles. The van der Waals surface area contributed by atoms with E-state index in [-0.39, 0.29) is 17.8 Å². The van der Waals surface area contributed by atoms with Crippen molar-refractivity contribution in [1.82, 2.24) is 0 Å². The van der Waals surface area contributed by atoms with E-state index < -0.39 is 9.84 Å². The fraction of sp³-hybridized carbons (Fsp3) is 0.600. The number of rotatable bonds is 6. The molecule has 106 valence electrons. The van der Waals surface area contributed by atoms with Gasteiger partial charge in [0, 0.05) is 0 Å². The molecule has 1 saturated heterocycles. The number of aliphatic hydroxyl groups excluding tert-OH is 1. The summed E-state index contributed by atoms with van der Waals surface area (Å²) in [5, 5.41) is 9.96. The molecule has 2 unspecified atom stereocenters. The van der Waals surface area contributed by atoms with Crippen LogP contribution in [-0.4, -0.2) is 31.1 Å². The molecule has 2 atom stereocenters. The SMILES string of the molecule is O=S1(=O)CCC(CC(O)CCCc2ccccc2)C1. The first-order chi connectivity index (χ1) is 9.05. The lowest BCUT2D eigenvalue weighted by Crippen LogP contribution is -2.15. The number of aliphatic hydroxyl groups is 1. The Bertz CT molecular complexity index is 481. The summed E-state index contributed by atoms with van der Waals surface area (Å²) in [6.45, 7) is 0. The lowest BCUT2D eigenvalue weighted by molar-refractivity contribution is 0.135. The van der Waals surface area contributed by atoms with Crippen LogP contribution in [0.2, 0.25) is 0 Å². The third kappa shape index (κ3) is 4.96. The highest BCUT2D eigenvalue weighted by Crippen LogP contribution is 2.24. The molecule has 3 nitrogen and oxygen atoms in total. The number of benzene rings is 1. The molecule has 0 radical (unpaired) electrons. The molecular formula is C15H22O3S. The quantitative estimate of drug-likeness (QED) is 0.870. The van der Waals surface area contributed by atoms with Gasteiger partial charge in [0.05, 0.1) is 17.6 Å². The molecule has 2 rings (SSSR count). The van der Waals surface area contributed by atoms with Crippen molar-refractivity contribution in [2.75, 3.05) is 11.5 Å². The summed E-state index contributed by atoms with van der Waals surface area (Å²) < 4.78 is 22.7. The maximum absolute atomic E-state index is 11.3. The zero-order valence-corrected chi connectivity index (χ0v) is 12.0. The van der Waals surface area contributed by atoms with Crippen LogP contribution in [-0.2, 0) is 16.3 Å². The van der Waals surface area contributed by atoms with Crippen LogP contribution in [0.4, 0.5) is 0 Å². The Morgan fingerprint density at radius 3 is 2.63 bits per heavy atom. The van der Waals surface area contributed by atoms with E-state index in [1.807, 2.05) is 18.2 Å². The van der Waals surface area contributed by atoms with Gasteiger partial charge in [0.2, 0.25) is 0 Å². The van der Waals surface area contributed by atoms with Crippen LogP contribution in [0.15, 0.2) is 30.3 Å². The molecule has 1 fully saturated rings. The van der Waals surface area contributed by atoms with Gasteiger partial charge in [-0.3, -0.25) is 0 Å². The molecule has 1 aromatic carbocycles. The maximum atomic E-state index is 11.3. The first kappa shape index (κ1) is 14.5. The standard InChI is InChI=1S/C15H22O3S/c16-15(11-14-9-10-19(17,18)12-14)8-4-7-13-5-2-1-3-6-13/h1-3,5-6,14-16H,4,7-12H2. The number of aryl methyl sites for hydroxylation is 1. The van der Waals surface area contributed by atoms with Crippen LogP contribution in [0.1, 0.15) is 31.2 Å². The van der Waals surface area contributed by atoms with Gasteiger partial charge >= 0.3 is 0 Å². The van der Waals surface area contributed by atoms with Gasteiger partial charge in [-0.05, 0) is 43.6 Å². The molecule has 0 amide bonds. The van der Waals surface area contributed by atoms with Crippen LogP contribution in [0.5, 0.6) is 0 Å². The molecule has 0 aliphatic carbocycles. The van der Waals surface area contributed by atoms with Crippen molar-refractivity contribution in [3.8, 4) is 0 Å². The Morgan fingerprint density at radius 1 is 1.26 bits per heavy atom. The predicted octanol–water partition coefficient (Wildman–Crippen LogP) is 2.20. The largest absolute Gasteiger partial charge is 0.393 e. The van der Waals surface area contributed by atoms with Gasteiger partial charge < -0.3 is 5.11 Å². The van der Waals surface area contributed by atoms with Crippen LogP contribution >= 0.6 is 0 Å². The van der Waals surface area contributed by atoms with E-state index in [1.54, 1.807) is 0 Å². The molecular weight excluding hydrogens is 260 g/mol. The molecule has 1 aromatic rings. The monoisotopic (exact) mass is 282 g/mol. The molecule has 1 aliphatic rings. The second kappa shape index (κ2) is 6.53. The van der Waals surface area contributed by atoms with Crippen molar-refractivity contribution in [1.29, 1.82) is 0 Å². The number of sulfone groups is 1. The Balaban J connectivity index is 1.66. The summed E-state index contributed by atoms with van der Waals surface area (Å²) in [6.07, 6.45) is 3.67. The molecule has 1 heterocycles. The van der Waals surface area contributed by atoms with Crippen molar-refractivity contribution < 1.29 is 13.5 Å². The van der Waals surface area contributed by atoms with Crippen molar-refractivity contribution in [2.24, 2.45) is 5.92 Å². The Morgan fingerprint density at radius 2 is 2.00 bits per heavy atom. The summed E-state index contributed by atoms with van der Waals surface area (Å²) in [4.78, 5) is 0. The van der Waals surface area contributed by atoms with E-state index in [9.17, 15) is 13.5 Å². The van der Waals surface area contributed by atoms with Gasteiger partial charge in [0.25, 0.3) is 0 Å². The van der Waals surface area contributed by atoms with Crippen LogP contribution in [0.3, 0.4) is 0 Å². The van der Waals surface area contributed by atoms with E-state index in [2.05, 4.69) is 12.1 Å². The molecule has 0 saturated carbocycles. The third-order valence-electron chi connectivity index (χ3n) is 3.78. The van der Waals surface area contributed by atoms with Crippen molar-refractivity contribution >= 4 is 9.84 Å². The Hall–Kier alpha value is -0.870. The first-order valence-electron chi connectivity index (χ1n) is 6.97. The summed E-state index contributed by atoms with van der Waals surface area (Å²) in [5.41, 5.74) is 1.29. The van der Waals surface area contributed by atoms with Gasteiger partial charge in [0.1, 0.15) is 0 Å². The molecule has 0 spiro atoms. The predicted molar refractivity (Wildman–Crippen MR) is 76.8 cm³/mol. The highest BCUT2D eigenvalue weighted by molar-refractivity contribution is 7.91. The minimum Gasteiger partial charge on any atom is -0.393 e. The van der Waals surface area contributed by atoms with Crippen molar-refractivity contribution in [2.45, 2.75) is 38.2 Å². The molecule has 0 bridgehead atoms. The second-order valence-corrected chi connectivity index (χ2v) is 7.77. The summed E-state index contributed by atoms with van der Waals surface area (Å²) >= 11 is 0. The number of hydrogen-bond donors (Lipinski definition) is 1. The van der Waals surface area contributed by atoms with Crippen molar-refractivity contribution in [3.63, 3.8) is 0 Å². The zero-order valence-electron chi connectivity index (χ0n) is 11.2. The highest BCUT2D eigenvalue weighted by atomic mass is 32.2. The van der Waals surface area contributed by atoms with E-state index in [4.69, 9.17) is 0 Å². The van der Waals surface area contributed by atoms with E-state index in [0.29, 0.717) is 12.2 Å². The number of hydrogen-bond acceptors (Lipinski definition) is 3. The van der Waals surface area contributed by atoms with Gasteiger partial charge in [-0.1, -0.05) is 30.3 Å². The van der Waals surface area contributed by atoms with Crippen LogP contribution < -0.4 is 0 Å². The molecule has 19 heavy (non-hydrogen) atoms. The minimum absolute atomic E-state index is 0.164. The smallest absolute Gasteiger partial charge is 0.150 e. The lowest BCUT2D eigenvalue weighted by Gasteiger charge is -2.14. The Kier molecular flexibility index (Phi) is 4.99. The van der Waals surface area contributed by atoms with Gasteiger partial charge in [-0.2, -0.15) is 0 Å². The molecule has 4 heteroatoms. The topological polar surface area (TPSA) is 54.4 Å². The molecule has 1 N–H and O–H groups in total. The molecule has 1 aliphatic heterocycles. The summed E-state index contributed by atoms with van der Waals surface area (Å²) in [5.74, 6) is 0.730. The normalized spacial score (nSPS) is 23.3. The zero-order chi connectivity index (χ0) is 13.7. The second-order valence-electron chi connectivity index (χ2n) is 5.54. The van der Waals surface area contributed by atoms with Crippen molar-refractivity contribution in [3.05, 3.63) is 35.9 Å². The fourth-order valence-electron chi connectivity index (χ4n) is 2.75. The maximum Gasteiger partial charge on any atom is 0.150 e. The Labute approximate surface area is 115 Å². The lowest BCUT2D eigenvalue weighted by atomic mass is 9.97. The van der Waals surface area contributed by atoms with E-state index in [0.717, 1.165) is 25.7 Å². The van der Waals surface area contributed by atoms with Gasteiger partial charge in [-0.25, -0.2) is 8.42 Å². The fourth-order valence-corrected chi connectivity index (χ4v) is 4.63. The average molecular weight is 282 g/mol.